The average Bonchev–Trinajstić information content (AvgIpc) is 2.47. The molecule has 3 rings (SSSR count). The van der Waals surface area contributed by atoms with Crippen LogP contribution in [-0.4, -0.2) is 34.6 Å². The molecule has 0 saturated carbocycles. The fourth-order valence-electron chi connectivity index (χ4n) is 2.36. The molecule has 0 aliphatic carbocycles. The van der Waals surface area contributed by atoms with Crippen molar-refractivity contribution < 1.29 is 9.13 Å². The lowest BCUT2D eigenvalue weighted by Gasteiger charge is -2.33. The van der Waals surface area contributed by atoms with Gasteiger partial charge >= 0.3 is 0 Å². The van der Waals surface area contributed by atoms with E-state index in [1.165, 1.54) is 18.3 Å². The van der Waals surface area contributed by atoms with Gasteiger partial charge in [0.25, 0.3) is 5.56 Å². The minimum absolute atomic E-state index is 0.196. The largest absolute Gasteiger partial charge is 0.368 e. The number of rotatable bonds is 2. The predicted octanol–water partition coefficient (Wildman–Crippen LogP) is 1.19. The molecule has 2 aromatic heterocycles. The predicted molar refractivity (Wildman–Crippen MR) is 74.7 cm³/mol. The lowest BCUT2D eigenvalue weighted by molar-refractivity contribution is 0.0365. The summed E-state index contributed by atoms with van der Waals surface area (Å²) in [4.78, 5) is 24.5. The van der Waals surface area contributed by atoms with Crippen molar-refractivity contribution >= 4 is 5.82 Å². The number of aromatic nitrogens is 3. The molecular weight excluding hydrogens is 275 g/mol. The van der Waals surface area contributed by atoms with Gasteiger partial charge in [0, 0.05) is 12.6 Å². The zero-order valence-corrected chi connectivity index (χ0v) is 11.5. The second-order valence-corrected chi connectivity index (χ2v) is 4.90. The van der Waals surface area contributed by atoms with Crippen LogP contribution < -0.4 is 10.5 Å². The molecule has 0 bridgehead atoms. The molecule has 3 heterocycles. The fourth-order valence-corrected chi connectivity index (χ4v) is 2.36. The van der Waals surface area contributed by atoms with Crippen LogP contribution in [0.25, 0.3) is 0 Å². The van der Waals surface area contributed by atoms with Gasteiger partial charge in [-0.15, -0.1) is 0 Å². The topological polar surface area (TPSA) is 71.1 Å². The van der Waals surface area contributed by atoms with Crippen LogP contribution in [0.4, 0.5) is 10.2 Å². The molecule has 1 N–H and O–H groups in total. The highest BCUT2D eigenvalue weighted by Crippen LogP contribution is 2.23. The number of morpholine rings is 1. The maximum atomic E-state index is 12.9. The monoisotopic (exact) mass is 290 g/mol. The van der Waals surface area contributed by atoms with Gasteiger partial charge in [0.15, 0.2) is 0 Å². The molecule has 0 aromatic carbocycles. The van der Waals surface area contributed by atoms with Crippen molar-refractivity contribution in [3.05, 3.63) is 52.1 Å². The lowest BCUT2D eigenvalue weighted by Crippen LogP contribution is -2.39. The molecular formula is C14H15FN4O2. The molecule has 1 saturated heterocycles. The third kappa shape index (κ3) is 3.08. The second kappa shape index (κ2) is 5.61. The van der Waals surface area contributed by atoms with Gasteiger partial charge in [0.1, 0.15) is 23.6 Å². The minimum atomic E-state index is -0.365. The number of aromatic amines is 1. The van der Waals surface area contributed by atoms with Crippen LogP contribution in [0.3, 0.4) is 0 Å². The molecule has 1 aliphatic heterocycles. The molecule has 1 atom stereocenters. The Hall–Kier alpha value is -2.28. The molecule has 1 fully saturated rings. The number of halogens is 1. The van der Waals surface area contributed by atoms with E-state index in [9.17, 15) is 9.18 Å². The number of nitrogens with one attached hydrogen (secondary N) is 1. The van der Waals surface area contributed by atoms with Crippen molar-refractivity contribution in [1.29, 1.82) is 0 Å². The molecule has 0 radical (unpaired) electrons. The number of anilines is 1. The number of H-pyrrole nitrogens is 1. The van der Waals surface area contributed by atoms with Crippen molar-refractivity contribution in [3.63, 3.8) is 0 Å². The summed E-state index contributed by atoms with van der Waals surface area (Å²) in [5, 5.41) is 0. The highest BCUT2D eigenvalue weighted by molar-refractivity contribution is 5.39. The van der Waals surface area contributed by atoms with E-state index >= 15 is 0 Å². The van der Waals surface area contributed by atoms with Crippen LogP contribution in [0, 0.1) is 12.7 Å². The van der Waals surface area contributed by atoms with Crippen molar-refractivity contribution in [2.75, 3.05) is 24.6 Å². The molecule has 1 aliphatic rings. The highest BCUT2D eigenvalue weighted by atomic mass is 19.1. The summed E-state index contributed by atoms with van der Waals surface area (Å²) < 4.78 is 18.6. The SMILES string of the molecule is Cc1nc(C2CN(c3ccc(F)cn3)CCO2)cc(=O)[nH]1. The zero-order valence-electron chi connectivity index (χ0n) is 11.5. The molecule has 7 heteroatoms. The number of hydrogen-bond acceptors (Lipinski definition) is 5. The van der Waals surface area contributed by atoms with Crippen molar-refractivity contribution in [2.24, 2.45) is 0 Å². The third-order valence-electron chi connectivity index (χ3n) is 3.31. The standard InChI is InChI=1S/C14H15FN4O2/c1-9-17-11(6-14(20)18-9)12-8-19(4-5-21-12)13-3-2-10(15)7-16-13/h2-3,6-7,12H,4-5,8H2,1H3,(H,17,18,20). The smallest absolute Gasteiger partial charge is 0.251 e. The summed E-state index contributed by atoms with van der Waals surface area (Å²) >= 11 is 0. The van der Waals surface area contributed by atoms with Gasteiger partial charge in [-0.25, -0.2) is 14.4 Å². The Labute approximate surface area is 120 Å². The Balaban J connectivity index is 1.82. The maximum absolute atomic E-state index is 12.9. The minimum Gasteiger partial charge on any atom is -0.368 e. The van der Waals surface area contributed by atoms with Gasteiger partial charge in [-0.1, -0.05) is 0 Å². The molecule has 110 valence electrons. The Kier molecular flexibility index (Phi) is 3.66. The molecule has 2 aromatic rings. The van der Waals surface area contributed by atoms with E-state index in [4.69, 9.17) is 4.74 Å². The summed E-state index contributed by atoms with van der Waals surface area (Å²) in [6, 6.07) is 4.45. The number of aryl methyl sites for hydroxylation is 1. The average molecular weight is 290 g/mol. The van der Waals surface area contributed by atoms with E-state index in [2.05, 4.69) is 15.0 Å². The maximum Gasteiger partial charge on any atom is 0.251 e. The van der Waals surface area contributed by atoms with Crippen LogP contribution in [0.5, 0.6) is 0 Å². The van der Waals surface area contributed by atoms with Gasteiger partial charge in [-0.05, 0) is 19.1 Å². The van der Waals surface area contributed by atoms with E-state index in [1.54, 1.807) is 13.0 Å². The molecule has 0 amide bonds. The first kappa shape index (κ1) is 13.7. The number of pyridine rings is 1. The number of nitrogens with zero attached hydrogens (tertiary/aromatic N) is 3. The van der Waals surface area contributed by atoms with E-state index in [0.717, 1.165) is 0 Å². The molecule has 1 unspecified atom stereocenters. The number of ether oxygens (including phenoxy) is 1. The van der Waals surface area contributed by atoms with Crippen molar-refractivity contribution in [3.8, 4) is 0 Å². The van der Waals surface area contributed by atoms with Crippen LogP contribution in [0.15, 0.2) is 29.2 Å². The zero-order chi connectivity index (χ0) is 14.8. The van der Waals surface area contributed by atoms with Gasteiger partial charge in [0.2, 0.25) is 0 Å². The first-order chi connectivity index (χ1) is 10.1. The quantitative estimate of drug-likeness (QED) is 0.899. The van der Waals surface area contributed by atoms with Crippen LogP contribution >= 0.6 is 0 Å². The van der Waals surface area contributed by atoms with Crippen LogP contribution in [0.2, 0.25) is 0 Å². The highest BCUT2D eigenvalue weighted by Gasteiger charge is 2.24. The van der Waals surface area contributed by atoms with Gasteiger partial charge in [0.05, 0.1) is 25.0 Å². The van der Waals surface area contributed by atoms with E-state index in [0.29, 0.717) is 37.0 Å². The molecule has 6 nitrogen and oxygen atoms in total. The Morgan fingerprint density at radius 3 is 3.05 bits per heavy atom. The summed E-state index contributed by atoms with van der Waals surface area (Å²) in [5.74, 6) is 0.875. The van der Waals surface area contributed by atoms with Gasteiger partial charge in [-0.3, -0.25) is 4.79 Å². The third-order valence-corrected chi connectivity index (χ3v) is 3.31. The van der Waals surface area contributed by atoms with E-state index < -0.39 is 0 Å². The van der Waals surface area contributed by atoms with E-state index in [-0.39, 0.29) is 17.5 Å². The Bertz CT molecular complexity index is 686. The van der Waals surface area contributed by atoms with E-state index in [1.807, 2.05) is 4.90 Å². The van der Waals surface area contributed by atoms with Crippen LogP contribution in [-0.2, 0) is 4.74 Å². The summed E-state index contributed by atoms with van der Waals surface area (Å²) in [6.45, 7) is 3.41. The molecule has 21 heavy (non-hydrogen) atoms. The second-order valence-electron chi connectivity index (χ2n) is 4.90. The first-order valence-corrected chi connectivity index (χ1v) is 6.68. The number of hydrogen-bond donors (Lipinski definition) is 1. The summed E-state index contributed by atoms with van der Waals surface area (Å²) in [7, 11) is 0. The Morgan fingerprint density at radius 2 is 2.33 bits per heavy atom. The van der Waals surface area contributed by atoms with Crippen molar-refractivity contribution in [2.45, 2.75) is 13.0 Å². The summed E-state index contributed by atoms with van der Waals surface area (Å²) in [5.41, 5.74) is 0.404. The van der Waals surface area contributed by atoms with Crippen molar-refractivity contribution in [1.82, 2.24) is 15.0 Å². The molecule has 0 spiro atoms. The Morgan fingerprint density at radius 1 is 1.48 bits per heavy atom. The fraction of sp³-hybridized carbons (Fsp3) is 0.357. The van der Waals surface area contributed by atoms with Crippen LogP contribution in [0.1, 0.15) is 17.6 Å². The summed E-state index contributed by atoms with van der Waals surface area (Å²) in [6.07, 6.45) is 0.890. The normalized spacial score (nSPS) is 18.8. The lowest BCUT2D eigenvalue weighted by atomic mass is 10.2. The first-order valence-electron chi connectivity index (χ1n) is 6.68. The van der Waals surface area contributed by atoms with Gasteiger partial charge in [-0.2, -0.15) is 0 Å². The van der Waals surface area contributed by atoms with Gasteiger partial charge < -0.3 is 14.6 Å².